The van der Waals surface area contributed by atoms with E-state index in [1.165, 1.54) is 12.1 Å². The number of rotatable bonds is 4. The van der Waals surface area contributed by atoms with Crippen molar-refractivity contribution in [3.8, 4) is 11.6 Å². The summed E-state index contributed by atoms with van der Waals surface area (Å²) in [6, 6.07) is 5.23. The van der Waals surface area contributed by atoms with Crippen LogP contribution in [0.1, 0.15) is 21.5 Å². The van der Waals surface area contributed by atoms with E-state index in [0.29, 0.717) is 12.1 Å². The van der Waals surface area contributed by atoms with Crippen LogP contribution in [-0.2, 0) is 12.4 Å². The molecule has 2 aromatic carbocycles. The largest absolute Gasteiger partial charge is 0.439 e. The standard InChI is InChI=1S/C21H11ClF7N3O3/c22-14-2-1-3-15(23)17(14)18(33)32-19(34)31-12-4-5-16(30-9-12)35-13-7-10(20(24,25)26)6-11(8-13)21(27,28)29/h1-9H,(H2,31,32,33,34). The zero-order chi connectivity index (χ0) is 26.0. The Morgan fingerprint density at radius 2 is 1.54 bits per heavy atom. The van der Waals surface area contributed by atoms with E-state index in [4.69, 9.17) is 16.3 Å². The first-order valence-electron chi connectivity index (χ1n) is 9.24. The van der Waals surface area contributed by atoms with Crippen LogP contribution in [0.2, 0.25) is 5.02 Å². The van der Waals surface area contributed by atoms with Gasteiger partial charge in [0, 0.05) is 6.07 Å². The molecule has 0 fully saturated rings. The van der Waals surface area contributed by atoms with Gasteiger partial charge in [0.15, 0.2) is 0 Å². The lowest BCUT2D eigenvalue weighted by Crippen LogP contribution is -2.35. The van der Waals surface area contributed by atoms with Gasteiger partial charge in [0.1, 0.15) is 11.6 Å². The molecule has 1 aromatic heterocycles. The van der Waals surface area contributed by atoms with E-state index >= 15 is 0 Å². The fourth-order valence-corrected chi connectivity index (χ4v) is 2.91. The van der Waals surface area contributed by atoms with Gasteiger partial charge in [-0.1, -0.05) is 17.7 Å². The number of carbonyl (C=O) groups is 2. The Morgan fingerprint density at radius 1 is 0.914 bits per heavy atom. The molecular weight excluding hydrogens is 511 g/mol. The average Bonchev–Trinajstić information content (AvgIpc) is 2.73. The minimum Gasteiger partial charge on any atom is -0.439 e. The molecule has 0 aliphatic rings. The number of pyridine rings is 1. The first-order chi connectivity index (χ1) is 16.2. The van der Waals surface area contributed by atoms with Gasteiger partial charge >= 0.3 is 18.4 Å². The average molecular weight is 522 g/mol. The van der Waals surface area contributed by atoms with E-state index in [9.17, 15) is 40.3 Å². The minimum atomic E-state index is -5.06. The van der Waals surface area contributed by atoms with E-state index in [1.807, 2.05) is 5.32 Å². The maximum absolute atomic E-state index is 13.8. The molecule has 2 N–H and O–H groups in total. The van der Waals surface area contributed by atoms with Crippen molar-refractivity contribution in [2.24, 2.45) is 0 Å². The second-order valence-electron chi connectivity index (χ2n) is 6.73. The summed E-state index contributed by atoms with van der Waals surface area (Å²) in [4.78, 5) is 27.7. The lowest BCUT2D eigenvalue weighted by Gasteiger charge is -2.14. The summed E-state index contributed by atoms with van der Waals surface area (Å²) in [5.74, 6) is -3.26. The summed E-state index contributed by atoms with van der Waals surface area (Å²) in [7, 11) is 0. The fourth-order valence-electron chi connectivity index (χ4n) is 2.66. The molecule has 184 valence electrons. The highest BCUT2D eigenvalue weighted by Gasteiger charge is 2.37. The molecule has 0 unspecified atom stereocenters. The number of aromatic nitrogens is 1. The molecule has 0 aliphatic carbocycles. The smallest absolute Gasteiger partial charge is 0.416 e. The number of benzene rings is 2. The van der Waals surface area contributed by atoms with E-state index in [0.717, 1.165) is 24.4 Å². The van der Waals surface area contributed by atoms with Crippen molar-refractivity contribution in [3.05, 3.63) is 82.3 Å². The zero-order valence-electron chi connectivity index (χ0n) is 16.9. The number of hydrogen-bond donors (Lipinski definition) is 2. The third-order valence-electron chi connectivity index (χ3n) is 4.19. The van der Waals surface area contributed by atoms with Gasteiger partial charge in [-0.15, -0.1) is 0 Å². The van der Waals surface area contributed by atoms with Gasteiger partial charge in [-0.05, 0) is 36.4 Å². The first-order valence-corrected chi connectivity index (χ1v) is 9.61. The molecule has 6 nitrogen and oxygen atoms in total. The van der Waals surface area contributed by atoms with E-state index in [2.05, 4.69) is 10.3 Å². The lowest BCUT2D eigenvalue weighted by atomic mass is 10.1. The summed E-state index contributed by atoms with van der Waals surface area (Å²) in [5.41, 5.74) is -3.75. The van der Waals surface area contributed by atoms with Crippen molar-refractivity contribution >= 4 is 29.2 Å². The van der Waals surface area contributed by atoms with Gasteiger partial charge in [-0.25, -0.2) is 14.2 Å². The highest BCUT2D eigenvalue weighted by atomic mass is 35.5. The summed E-state index contributed by atoms with van der Waals surface area (Å²) in [5, 5.41) is 3.78. The van der Waals surface area contributed by atoms with Crippen LogP contribution in [0, 0.1) is 5.82 Å². The quantitative estimate of drug-likeness (QED) is 0.376. The maximum atomic E-state index is 13.8. The highest BCUT2D eigenvalue weighted by Crippen LogP contribution is 2.39. The third kappa shape index (κ3) is 6.59. The predicted octanol–water partition coefficient (Wildman–Crippen LogP) is 6.67. The van der Waals surface area contributed by atoms with Crippen LogP contribution >= 0.6 is 11.6 Å². The number of halogens is 8. The van der Waals surface area contributed by atoms with E-state index < -0.39 is 58.4 Å². The predicted molar refractivity (Wildman–Crippen MR) is 109 cm³/mol. The molecule has 3 rings (SSSR count). The number of alkyl halides is 6. The highest BCUT2D eigenvalue weighted by molar-refractivity contribution is 6.34. The second-order valence-corrected chi connectivity index (χ2v) is 7.14. The molecule has 0 spiro atoms. The number of nitrogens with one attached hydrogen (secondary N) is 2. The maximum Gasteiger partial charge on any atom is 0.416 e. The van der Waals surface area contributed by atoms with E-state index in [-0.39, 0.29) is 16.8 Å². The van der Waals surface area contributed by atoms with Crippen molar-refractivity contribution in [2.45, 2.75) is 12.4 Å². The molecule has 0 radical (unpaired) electrons. The summed E-state index contributed by atoms with van der Waals surface area (Å²) in [6.07, 6.45) is -9.16. The number of carbonyl (C=O) groups excluding carboxylic acids is 2. The first kappa shape index (κ1) is 25.7. The van der Waals surface area contributed by atoms with Crippen LogP contribution in [-0.4, -0.2) is 16.9 Å². The molecule has 0 atom stereocenters. The minimum absolute atomic E-state index is 0.0395. The number of urea groups is 1. The molecule has 0 bridgehead atoms. The van der Waals surface area contributed by atoms with Crippen molar-refractivity contribution in [3.63, 3.8) is 0 Å². The van der Waals surface area contributed by atoms with Crippen molar-refractivity contribution < 1.29 is 45.1 Å². The summed E-state index contributed by atoms with van der Waals surface area (Å²) < 4.78 is 96.5. The summed E-state index contributed by atoms with van der Waals surface area (Å²) >= 11 is 5.74. The Kier molecular flexibility index (Phi) is 7.19. The molecule has 0 saturated heterocycles. The van der Waals surface area contributed by atoms with Crippen molar-refractivity contribution in [2.75, 3.05) is 5.32 Å². The second kappa shape index (κ2) is 9.78. The molecule has 3 amide bonds. The molecular formula is C21H11ClF7N3O3. The molecule has 35 heavy (non-hydrogen) atoms. The van der Waals surface area contributed by atoms with Crippen LogP contribution < -0.4 is 15.4 Å². The van der Waals surface area contributed by atoms with Crippen LogP contribution in [0.15, 0.2) is 54.7 Å². The van der Waals surface area contributed by atoms with Crippen LogP contribution in [0.25, 0.3) is 0 Å². The zero-order valence-corrected chi connectivity index (χ0v) is 17.6. The van der Waals surface area contributed by atoms with E-state index in [1.54, 1.807) is 0 Å². The topological polar surface area (TPSA) is 80.3 Å². The van der Waals surface area contributed by atoms with Crippen LogP contribution in [0.4, 0.5) is 41.2 Å². The third-order valence-corrected chi connectivity index (χ3v) is 4.51. The molecule has 0 saturated carbocycles. The van der Waals surface area contributed by atoms with Gasteiger partial charge in [-0.2, -0.15) is 26.3 Å². The van der Waals surface area contributed by atoms with Gasteiger partial charge in [-0.3, -0.25) is 10.1 Å². The lowest BCUT2D eigenvalue weighted by molar-refractivity contribution is -0.143. The Balaban J connectivity index is 1.71. The summed E-state index contributed by atoms with van der Waals surface area (Å²) in [6.45, 7) is 0. The van der Waals surface area contributed by atoms with Crippen LogP contribution in [0.3, 0.4) is 0 Å². The number of anilines is 1. The number of amides is 3. The van der Waals surface area contributed by atoms with Gasteiger partial charge in [0.05, 0.1) is 33.6 Å². The molecule has 14 heteroatoms. The Bertz CT molecular complexity index is 1210. The molecule has 1 heterocycles. The fraction of sp³-hybridized carbons (Fsp3) is 0.0952. The SMILES string of the molecule is O=C(NC(=O)c1c(F)cccc1Cl)Nc1ccc(Oc2cc(C(F)(F)F)cc(C(F)(F)F)c2)nc1. The molecule has 3 aromatic rings. The molecule has 0 aliphatic heterocycles. The number of hydrogen-bond acceptors (Lipinski definition) is 4. The van der Waals surface area contributed by atoms with Gasteiger partial charge < -0.3 is 10.1 Å². The van der Waals surface area contributed by atoms with Crippen molar-refractivity contribution in [1.29, 1.82) is 0 Å². The van der Waals surface area contributed by atoms with Crippen LogP contribution in [0.5, 0.6) is 11.6 Å². The number of nitrogens with zero attached hydrogens (tertiary/aromatic N) is 1. The van der Waals surface area contributed by atoms with Gasteiger partial charge in [0.25, 0.3) is 5.91 Å². The van der Waals surface area contributed by atoms with Gasteiger partial charge in [0.2, 0.25) is 5.88 Å². The number of ether oxygens (including phenoxy) is 1. The number of imide groups is 1. The Morgan fingerprint density at radius 3 is 2.06 bits per heavy atom. The monoisotopic (exact) mass is 521 g/mol. The Labute approximate surface area is 196 Å². The Hall–Kier alpha value is -3.87. The van der Waals surface area contributed by atoms with Crippen molar-refractivity contribution in [1.82, 2.24) is 10.3 Å². The normalized spacial score (nSPS) is 11.7.